The van der Waals surface area contributed by atoms with E-state index in [1.54, 1.807) is 24.3 Å². The van der Waals surface area contributed by atoms with Crippen LogP contribution in [0.5, 0.6) is 5.88 Å². The number of alkyl halides is 6. The topological polar surface area (TPSA) is 38.2 Å². The van der Waals surface area contributed by atoms with Crippen LogP contribution in [0.4, 0.5) is 38.0 Å². The van der Waals surface area contributed by atoms with E-state index in [1.165, 1.54) is 11.9 Å². The molecule has 4 nitrogen and oxygen atoms in total. The molecule has 1 aromatic heterocycles. The van der Waals surface area contributed by atoms with E-state index in [9.17, 15) is 26.3 Å². The molecule has 0 saturated carbocycles. The zero-order valence-corrected chi connectivity index (χ0v) is 14.6. The minimum atomic E-state index is -4.95. The second kappa shape index (κ2) is 7.22. The van der Waals surface area contributed by atoms with Gasteiger partial charge in [-0.2, -0.15) is 31.3 Å². The number of para-hydroxylation sites is 1. The van der Waals surface area contributed by atoms with E-state index in [1.807, 2.05) is 22.6 Å². The summed E-state index contributed by atoms with van der Waals surface area (Å²) >= 11 is 2.00. The zero-order chi connectivity index (χ0) is 18.8. The Hall–Kier alpha value is -1.79. The van der Waals surface area contributed by atoms with Crippen molar-refractivity contribution in [3.05, 3.63) is 39.6 Å². The molecule has 0 N–H and O–H groups in total. The molecule has 0 atom stereocenters. The first-order valence-corrected chi connectivity index (χ1v) is 7.69. The molecule has 2 rings (SSSR count). The molecular weight excluding hydrogens is 467 g/mol. The average molecular weight is 477 g/mol. The zero-order valence-electron chi connectivity index (χ0n) is 12.5. The van der Waals surface area contributed by atoms with Crippen LogP contribution in [0.25, 0.3) is 0 Å². The predicted molar refractivity (Wildman–Crippen MR) is 85.8 cm³/mol. The maximum Gasteiger partial charge on any atom is 0.423 e. The molecule has 11 heteroatoms. The Morgan fingerprint density at radius 2 is 1.76 bits per heavy atom. The van der Waals surface area contributed by atoms with Gasteiger partial charge in [0.25, 0.3) is 0 Å². The molecule has 0 amide bonds. The summed E-state index contributed by atoms with van der Waals surface area (Å²) < 4.78 is 80.7. The number of halogens is 7. The summed E-state index contributed by atoms with van der Waals surface area (Å²) in [5.74, 6) is -1.40. The molecule has 1 heterocycles. The summed E-state index contributed by atoms with van der Waals surface area (Å²) in [6.45, 7) is -1.89. The number of hydrogen-bond donors (Lipinski definition) is 0. The monoisotopic (exact) mass is 477 g/mol. The van der Waals surface area contributed by atoms with Crippen molar-refractivity contribution in [1.82, 2.24) is 9.97 Å². The molecule has 0 aliphatic heterocycles. The van der Waals surface area contributed by atoms with Crippen LogP contribution in [0.15, 0.2) is 30.5 Å². The van der Waals surface area contributed by atoms with Crippen LogP contribution in [0.3, 0.4) is 0 Å². The molecule has 0 radical (unpaired) electrons. The van der Waals surface area contributed by atoms with E-state index >= 15 is 0 Å². The van der Waals surface area contributed by atoms with Crippen molar-refractivity contribution in [2.75, 3.05) is 18.6 Å². The summed E-state index contributed by atoms with van der Waals surface area (Å²) in [5.41, 5.74) is -0.902. The summed E-state index contributed by atoms with van der Waals surface area (Å²) in [5, 5.41) is 0. The number of rotatable bonds is 4. The van der Waals surface area contributed by atoms with Gasteiger partial charge in [0, 0.05) is 16.8 Å². The molecule has 2 aromatic rings. The average Bonchev–Trinajstić information content (AvgIpc) is 2.51. The molecule has 136 valence electrons. The van der Waals surface area contributed by atoms with E-state index in [-0.39, 0.29) is 5.95 Å². The highest BCUT2D eigenvalue weighted by Crippen LogP contribution is 2.37. The second-order valence-electron chi connectivity index (χ2n) is 4.80. The number of hydrogen-bond acceptors (Lipinski definition) is 4. The molecule has 0 saturated heterocycles. The number of aromatic nitrogens is 2. The van der Waals surface area contributed by atoms with Gasteiger partial charge in [0.2, 0.25) is 11.8 Å². The lowest BCUT2D eigenvalue weighted by Gasteiger charge is -2.20. The Kier molecular flexibility index (Phi) is 5.64. The van der Waals surface area contributed by atoms with Crippen LogP contribution in [-0.2, 0) is 6.18 Å². The van der Waals surface area contributed by atoms with E-state index in [4.69, 9.17) is 0 Å². The van der Waals surface area contributed by atoms with E-state index in [2.05, 4.69) is 14.7 Å². The third-order valence-electron chi connectivity index (χ3n) is 2.93. The van der Waals surface area contributed by atoms with Gasteiger partial charge in [-0.25, -0.2) is 4.98 Å². The summed E-state index contributed by atoms with van der Waals surface area (Å²) in [4.78, 5) is 8.48. The van der Waals surface area contributed by atoms with Crippen molar-refractivity contribution in [3.8, 4) is 5.88 Å². The van der Waals surface area contributed by atoms with Crippen LogP contribution in [-0.4, -0.2) is 29.8 Å². The van der Waals surface area contributed by atoms with Crippen molar-refractivity contribution in [3.63, 3.8) is 0 Å². The number of benzene rings is 1. The highest BCUT2D eigenvalue weighted by Gasteiger charge is 2.38. The standard InChI is InChI=1S/C14H10F6IN3O/c1-24(10-5-3-2-4-9(10)21)12-22-6-8(14(18,19)20)11(23-12)25-7-13(15,16)17/h2-6H,7H2,1H3. The van der Waals surface area contributed by atoms with Crippen molar-refractivity contribution in [2.45, 2.75) is 12.4 Å². The quantitative estimate of drug-likeness (QED) is 0.469. The van der Waals surface area contributed by atoms with Gasteiger partial charge in [0.15, 0.2) is 6.61 Å². The van der Waals surface area contributed by atoms with Crippen LogP contribution >= 0.6 is 22.6 Å². The van der Waals surface area contributed by atoms with Crippen molar-refractivity contribution in [2.24, 2.45) is 0 Å². The minimum Gasteiger partial charge on any atom is -0.467 e. The summed E-state index contributed by atoms with van der Waals surface area (Å²) in [6.07, 6.45) is -9.34. The third-order valence-corrected chi connectivity index (χ3v) is 3.85. The lowest BCUT2D eigenvalue weighted by molar-refractivity contribution is -0.159. The van der Waals surface area contributed by atoms with Crippen molar-refractivity contribution < 1.29 is 31.1 Å². The molecule has 0 aliphatic rings. The van der Waals surface area contributed by atoms with Crippen LogP contribution < -0.4 is 9.64 Å². The predicted octanol–water partition coefficient (Wildman–Crippen LogP) is 4.81. The Morgan fingerprint density at radius 1 is 1.12 bits per heavy atom. The fourth-order valence-corrected chi connectivity index (χ4v) is 2.55. The SMILES string of the molecule is CN(c1ncc(C(F)(F)F)c(OCC(F)(F)F)n1)c1ccccc1I. The van der Waals surface area contributed by atoms with Gasteiger partial charge in [-0.15, -0.1) is 0 Å². The Morgan fingerprint density at radius 3 is 2.32 bits per heavy atom. The van der Waals surface area contributed by atoms with Gasteiger partial charge in [-0.3, -0.25) is 0 Å². The van der Waals surface area contributed by atoms with Crippen LogP contribution in [0.1, 0.15) is 5.56 Å². The third kappa shape index (κ3) is 5.09. The first kappa shape index (κ1) is 19.5. The van der Waals surface area contributed by atoms with E-state index in [0.29, 0.717) is 11.9 Å². The Balaban J connectivity index is 2.42. The highest BCUT2D eigenvalue weighted by molar-refractivity contribution is 14.1. The van der Waals surface area contributed by atoms with Gasteiger partial charge >= 0.3 is 12.4 Å². The lowest BCUT2D eigenvalue weighted by atomic mass is 10.3. The minimum absolute atomic E-state index is 0.228. The maximum atomic E-state index is 12.9. The summed E-state index contributed by atoms with van der Waals surface area (Å²) in [6, 6.07) is 6.86. The van der Waals surface area contributed by atoms with Gasteiger partial charge in [-0.1, -0.05) is 12.1 Å². The lowest BCUT2D eigenvalue weighted by Crippen LogP contribution is -2.23. The van der Waals surface area contributed by atoms with Gasteiger partial charge in [0.1, 0.15) is 5.56 Å². The molecule has 25 heavy (non-hydrogen) atoms. The molecule has 0 spiro atoms. The normalized spacial score (nSPS) is 12.2. The van der Waals surface area contributed by atoms with E-state index in [0.717, 1.165) is 3.57 Å². The molecule has 0 unspecified atom stereocenters. The van der Waals surface area contributed by atoms with Crippen LogP contribution in [0, 0.1) is 3.57 Å². The second-order valence-corrected chi connectivity index (χ2v) is 5.96. The van der Waals surface area contributed by atoms with Crippen molar-refractivity contribution >= 4 is 34.2 Å². The molecule has 1 aromatic carbocycles. The maximum absolute atomic E-state index is 12.9. The number of nitrogens with zero attached hydrogens (tertiary/aromatic N) is 3. The molecule has 0 fully saturated rings. The van der Waals surface area contributed by atoms with E-state index < -0.39 is 30.4 Å². The van der Waals surface area contributed by atoms with Gasteiger partial charge in [-0.05, 0) is 34.7 Å². The molecule has 0 bridgehead atoms. The number of ether oxygens (including phenoxy) is 1. The summed E-state index contributed by atoms with van der Waals surface area (Å²) in [7, 11) is 1.48. The highest BCUT2D eigenvalue weighted by atomic mass is 127. The van der Waals surface area contributed by atoms with Crippen molar-refractivity contribution in [1.29, 1.82) is 0 Å². The molecule has 0 aliphatic carbocycles. The fourth-order valence-electron chi connectivity index (χ4n) is 1.81. The Bertz CT molecular complexity index is 750. The smallest absolute Gasteiger partial charge is 0.423 e. The van der Waals surface area contributed by atoms with Gasteiger partial charge < -0.3 is 9.64 Å². The molecular formula is C14H10F6IN3O. The number of anilines is 2. The fraction of sp³-hybridized carbons (Fsp3) is 0.286. The van der Waals surface area contributed by atoms with Gasteiger partial charge in [0.05, 0.1) is 5.69 Å². The first-order chi connectivity index (χ1) is 11.5. The first-order valence-electron chi connectivity index (χ1n) is 6.61. The largest absolute Gasteiger partial charge is 0.467 e. The van der Waals surface area contributed by atoms with Crippen LogP contribution in [0.2, 0.25) is 0 Å². The Labute approximate surface area is 152 Å².